The molecular formula is C39H63N3O18. The zero-order chi connectivity index (χ0) is 44.1. The number of methoxy groups -OCH3 is 4. The zero-order valence-electron chi connectivity index (χ0n) is 36.6. The molecule has 0 spiro atoms. The molecule has 0 aromatic heterocycles. The molecule has 3 unspecified atom stereocenters. The Morgan fingerprint density at radius 1 is 0.533 bits per heavy atom. The van der Waals surface area contributed by atoms with Gasteiger partial charge in [-0.05, 0) is 62.3 Å². The highest BCUT2D eigenvalue weighted by molar-refractivity contribution is 5.81. The fraction of sp³-hybridized carbons (Fsp3) is 0.897. The monoisotopic (exact) mass is 861 g/mol. The van der Waals surface area contributed by atoms with Gasteiger partial charge in [-0.25, -0.2) is 4.79 Å². The van der Waals surface area contributed by atoms with Crippen molar-refractivity contribution in [2.45, 2.75) is 196 Å². The summed E-state index contributed by atoms with van der Waals surface area (Å²) in [5, 5.41) is 8.61. The fourth-order valence-corrected chi connectivity index (χ4v) is 8.69. The van der Waals surface area contributed by atoms with Crippen molar-refractivity contribution >= 4 is 23.9 Å². The predicted octanol–water partition coefficient (Wildman–Crippen LogP) is 0.867. The highest BCUT2D eigenvalue weighted by atomic mass is 16.9. The van der Waals surface area contributed by atoms with Crippen molar-refractivity contribution in [1.29, 1.82) is 0 Å². The number of alkyl carbamates (subject to hydrolysis) is 1. The molecule has 342 valence electrons. The molecule has 6 fully saturated rings. The summed E-state index contributed by atoms with van der Waals surface area (Å²) in [5.74, 6) is -4.74. The number of fused-ring (bicyclic) bond motifs is 3. The quantitative estimate of drug-likeness (QED) is 0.194. The number of amides is 3. The van der Waals surface area contributed by atoms with E-state index in [0.29, 0.717) is 0 Å². The van der Waals surface area contributed by atoms with E-state index < -0.39 is 139 Å². The lowest BCUT2D eigenvalue weighted by molar-refractivity contribution is -0.221. The van der Waals surface area contributed by atoms with Crippen LogP contribution in [0.3, 0.4) is 0 Å². The molecule has 6 saturated heterocycles. The molecule has 0 aliphatic carbocycles. The normalized spacial score (nSPS) is 37.4. The van der Waals surface area contributed by atoms with Gasteiger partial charge in [-0.2, -0.15) is 0 Å². The summed E-state index contributed by atoms with van der Waals surface area (Å²) >= 11 is 0. The van der Waals surface area contributed by atoms with Gasteiger partial charge in [0.15, 0.2) is 36.2 Å². The van der Waals surface area contributed by atoms with Gasteiger partial charge in [0.1, 0.15) is 60.5 Å². The van der Waals surface area contributed by atoms with E-state index in [-0.39, 0.29) is 19.3 Å². The summed E-state index contributed by atoms with van der Waals surface area (Å²) in [6.07, 6.45) is -11.6. The van der Waals surface area contributed by atoms with Crippen LogP contribution >= 0.6 is 0 Å². The van der Waals surface area contributed by atoms with Crippen LogP contribution in [0.15, 0.2) is 0 Å². The van der Waals surface area contributed by atoms with Gasteiger partial charge in [0.05, 0.1) is 31.7 Å². The van der Waals surface area contributed by atoms with Gasteiger partial charge in [-0.1, -0.05) is 0 Å². The highest BCUT2D eigenvalue weighted by Gasteiger charge is 2.60. The lowest BCUT2D eigenvalue weighted by Crippen LogP contribution is -2.56. The van der Waals surface area contributed by atoms with Gasteiger partial charge in [0.25, 0.3) is 0 Å². The molecule has 3 N–H and O–H groups in total. The lowest BCUT2D eigenvalue weighted by atomic mass is 9.97. The molecule has 0 bridgehead atoms. The Morgan fingerprint density at radius 2 is 0.867 bits per heavy atom. The second-order valence-electron chi connectivity index (χ2n) is 18.1. The number of carbonyl (C=O) groups excluding carboxylic acids is 4. The van der Waals surface area contributed by atoms with E-state index in [2.05, 4.69) is 16.0 Å². The Labute approximate surface area is 349 Å². The Morgan fingerprint density at radius 3 is 1.18 bits per heavy atom. The van der Waals surface area contributed by atoms with Crippen molar-refractivity contribution in [2.75, 3.05) is 28.4 Å². The minimum Gasteiger partial charge on any atom is -0.469 e. The van der Waals surface area contributed by atoms with E-state index in [1.807, 2.05) is 0 Å². The van der Waals surface area contributed by atoms with E-state index in [1.54, 1.807) is 62.3 Å². The van der Waals surface area contributed by atoms with E-state index >= 15 is 0 Å². The zero-order valence-corrected chi connectivity index (χ0v) is 36.6. The van der Waals surface area contributed by atoms with Gasteiger partial charge < -0.3 is 82.3 Å². The van der Waals surface area contributed by atoms with Crippen LogP contribution in [0.2, 0.25) is 0 Å². The molecule has 0 saturated carbocycles. The van der Waals surface area contributed by atoms with Crippen LogP contribution in [-0.4, -0.2) is 167 Å². The van der Waals surface area contributed by atoms with E-state index in [1.165, 1.54) is 28.4 Å². The van der Waals surface area contributed by atoms with Crippen LogP contribution in [0.25, 0.3) is 0 Å². The molecule has 21 nitrogen and oxygen atoms in total. The molecule has 60 heavy (non-hydrogen) atoms. The largest absolute Gasteiger partial charge is 0.469 e. The van der Waals surface area contributed by atoms with Gasteiger partial charge >= 0.3 is 12.1 Å². The number of rotatable bonds is 15. The third-order valence-corrected chi connectivity index (χ3v) is 10.9. The molecule has 21 heteroatoms. The van der Waals surface area contributed by atoms with Crippen molar-refractivity contribution in [3.63, 3.8) is 0 Å². The molecule has 0 radical (unpaired) electrons. The summed E-state index contributed by atoms with van der Waals surface area (Å²) < 4.78 is 82.8. The van der Waals surface area contributed by atoms with Crippen LogP contribution < -0.4 is 16.0 Å². The first-order valence-corrected chi connectivity index (χ1v) is 20.2. The van der Waals surface area contributed by atoms with E-state index in [0.717, 1.165) is 0 Å². The smallest absolute Gasteiger partial charge is 0.407 e. The predicted molar refractivity (Wildman–Crippen MR) is 201 cm³/mol. The number of hydrogen-bond acceptors (Lipinski definition) is 18. The first-order valence-electron chi connectivity index (χ1n) is 20.2. The Kier molecular flexibility index (Phi) is 13.8. The standard InChI is InChI=1S/C39H63N3O18/c1-36(2,3)60-35(46)42-18(24-27(49-12)30-33(52-24)58-38(6,7)55-30)15-21(44)40-17(23-26(48-11)29-32(51-23)57-37(4,5)54-29)14-20(43)41-19(16-22(45)47-10)25-28(50-13)31-34(53-25)59-39(8,9)56-31/h17-19,23-34H,14-16H2,1-13H3,(H,40,44)(H,41,43)(H,42,46)/t17?,18?,19?,23-,24+,25+,26-,27-,28-,29+,30+,31+,32+,33+,34+/m0/s1. The second kappa shape index (κ2) is 17.8. The Bertz CT molecular complexity index is 1570. The minimum absolute atomic E-state index is 0.291. The molecule has 0 aromatic rings. The highest BCUT2D eigenvalue weighted by Crippen LogP contribution is 2.43. The van der Waals surface area contributed by atoms with Crippen LogP contribution in [0.5, 0.6) is 0 Å². The molecule has 3 amide bonds. The Balaban J connectivity index is 1.24. The van der Waals surface area contributed by atoms with Crippen LogP contribution in [0.1, 0.15) is 81.6 Å². The lowest BCUT2D eigenvalue weighted by Gasteiger charge is -2.34. The number of esters is 1. The number of nitrogens with one attached hydrogen (secondary N) is 3. The third-order valence-electron chi connectivity index (χ3n) is 10.9. The molecule has 6 rings (SSSR count). The van der Waals surface area contributed by atoms with Crippen molar-refractivity contribution < 1.29 is 85.5 Å². The average Bonchev–Trinajstić information content (AvgIpc) is 3.92. The molecule has 6 heterocycles. The van der Waals surface area contributed by atoms with Crippen molar-refractivity contribution in [1.82, 2.24) is 16.0 Å². The first kappa shape index (κ1) is 46.7. The summed E-state index contributed by atoms with van der Waals surface area (Å²) in [7, 11) is 5.62. The van der Waals surface area contributed by atoms with Gasteiger partial charge in [-0.15, -0.1) is 0 Å². The van der Waals surface area contributed by atoms with Crippen molar-refractivity contribution in [3.8, 4) is 0 Å². The first-order chi connectivity index (χ1) is 28.0. The number of ether oxygens (including phenoxy) is 14. The molecule has 15 atom stereocenters. The maximum atomic E-state index is 14.3. The molecule has 6 aliphatic heterocycles. The van der Waals surface area contributed by atoms with Gasteiger partial charge in [-0.3, -0.25) is 14.4 Å². The topological polar surface area (TPSA) is 234 Å². The maximum absolute atomic E-state index is 14.3. The fourth-order valence-electron chi connectivity index (χ4n) is 8.69. The maximum Gasteiger partial charge on any atom is 0.407 e. The molecule has 6 aliphatic rings. The van der Waals surface area contributed by atoms with Gasteiger partial charge in [0.2, 0.25) is 11.8 Å². The number of carbonyl (C=O) groups is 4. The van der Waals surface area contributed by atoms with Crippen LogP contribution in [-0.2, 0) is 80.7 Å². The average molecular weight is 862 g/mol. The van der Waals surface area contributed by atoms with Crippen molar-refractivity contribution in [3.05, 3.63) is 0 Å². The summed E-state index contributed by atoms with van der Waals surface area (Å²) in [5.41, 5.74) is -0.862. The van der Waals surface area contributed by atoms with Crippen LogP contribution in [0, 0.1) is 0 Å². The number of hydrogen-bond donors (Lipinski definition) is 3. The Hall–Kier alpha value is -2.80. The summed E-state index contributed by atoms with van der Waals surface area (Å²) in [6, 6.07) is -3.12. The third kappa shape index (κ3) is 10.5. The van der Waals surface area contributed by atoms with E-state index in [4.69, 9.17) is 66.3 Å². The summed E-state index contributed by atoms with van der Waals surface area (Å²) in [4.78, 5) is 54.4. The van der Waals surface area contributed by atoms with E-state index in [9.17, 15) is 19.2 Å². The molecular weight excluding hydrogens is 798 g/mol. The van der Waals surface area contributed by atoms with Crippen molar-refractivity contribution in [2.24, 2.45) is 0 Å². The second-order valence-corrected chi connectivity index (χ2v) is 18.1. The SMILES string of the molecule is COC(=O)CC(NC(=O)CC(NC(=O)CC(NC(=O)OC(C)(C)C)[C@H]1O[C@@H]2OC(C)(C)O[C@@H]2[C@H]1OC)[C@@H]1O[C@@H]2OC(C)(C)O[C@@H]2[C@H]1OC)[C@H]1O[C@@H]2OC(C)(C)O[C@@H]2[C@H]1OC. The molecule has 0 aromatic carbocycles. The van der Waals surface area contributed by atoms with Crippen LogP contribution in [0.4, 0.5) is 4.79 Å². The summed E-state index contributed by atoms with van der Waals surface area (Å²) in [6.45, 7) is 15.5. The minimum atomic E-state index is -1.09. The van der Waals surface area contributed by atoms with Gasteiger partial charge in [0, 0.05) is 34.2 Å².